The molecule has 0 aliphatic carbocycles. The summed E-state index contributed by atoms with van der Waals surface area (Å²) in [5, 5.41) is 6.09. The molecule has 0 radical (unpaired) electrons. The quantitative estimate of drug-likeness (QED) is 0.783. The third kappa shape index (κ3) is 3.98. The molecule has 2 N–H and O–H groups in total. The number of pyridine rings is 1. The number of hydrogen-bond acceptors (Lipinski definition) is 3. The van der Waals surface area contributed by atoms with Gasteiger partial charge >= 0.3 is 0 Å². The predicted molar refractivity (Wildman–Crippen MR) is 64.4 cm³/mol. The van der Waals surface area contributed by atoms with Gasteiger partial charge in [0, 0.05) is 24.5 Å². The van der Waals surface area contributed by atoms with Crippen LogP contribution >= 0.6 is 0 Å². The zero-order valence-electron chi connectivity index (χ0n) is 10.1. The summed E-state index contributed by atoms with van der Waals surface area (Å²) in [7, 11) is 0. The Balaban J connectivity index is 2.43. The number of nitrogens with zero attached hydrogens (tertiary/aromatic N) is 1. The number of likely N-dealkylation sites (N-methyl/N-ethyl adjacent to an activating group) is 1. The fraction of sp³-hybridized carbons (Fsp3) is 0.500. The highest BCUT2D eigenvalue weighted by atomic mass is 16.1. The average Bonchev–Trinajstić information content (AvgIpc) is 2.27. The van der Waals surface area contributed by atoms with Crippen molar-refractivity contribution in [3.63, 3.8) is 0 Å². The van der Waals surface area contributed by atoms with Gasteiger partial charge in [0.1, 0.15) is 0 Å². The Kier molecular flexibility index (Phi) is 4.92. The summed E-state index contributed by atoms with van der Waals surface area (Å²) < 4.78 is 0. The molecule has 1 rings (SSSR count). The summed E-state index contributed by atoms with van der Waals surface area (Å²) in [5.74, 6) is -0.0720. The van der Waals surface area contributed by atoms with Crippen LogP contribution in [0.25, 0.3) is 0 Å². The van der Waals surface area contributed by atoms with Crippen LogP contribution in [0.3, 0.4) is 0 Å². The Labute approximate surface area is 96.5 Å². The molecule has 0 unspecified atom stereocenters. The summed E-state index contributed by atoms with van der Waals surface area (Å²) in [6.45, 7) is 7.51. The van der Waals surface area contributed by atoms with Gasteiger partial charge in [0.15, 0.2) is 0 Å². The van der Waals surface area contributed by atoms with Gasteiger partial charge in [-0.05, 0) is 32.5 Å². The maximum Gasteiger partial charge on any atom is 0.252 e. The van der Waals surface area contributed by atoms with E-state index in [1.54, 1.807) is 12.3 Å². The third-order valence-electron chi connectivity index (χ3n) is 2.29. The Hall–Kier alpha value is -1.42. The van der Waals surface area contributed by atoms with Crippen LogP contribution in [0.1, 0.15) is 29.9 Å². The number of rotatable bonds is 5. The second-order valence-corrected chi connectivity index (χ2v) is 3.86. The van der Waals surface area contributed by atoms with Crippen LogP contribution in [-0.2, 0) is 0 Å². The first-order valence-corrected chi connectivity index (χ1v) is 5.57. The van der Waals surface area contributed by atoms with E-state index in [0.717, 1.165) is 12.2 Å². The number of carbonyl (C=O) groups is 1. The molecule has 1 heterocycles. The molecule has 4 heteroatoms. The number of aromatic nitrogens is 1. The molecule has 1 atom stereocenters. The topological polar surface area (TPSA) is 54.0 Å². The smallest absolute Gasteiger partial charge is 0.252 e. The van der Waals surface area contributed by atoms with E-state index in [1.165, 1.54) is 0 Å². The third-order valence-corrected chi connectivity index (χ3v) is 2.29. The van der Waals surface area contributed by atoms with Crippen LogP contribution in [-0.4, -0.2) is 30.0 Å². The van der Waals surface area contributed by atoms with E-state index in [1.807, 2.05) is 26.8 Å². The lowest BCUT2D eigenvalue weighted by atomic mass is 10.2. The zero-order chi connectivity index (χ0) is 12.0. The van der Waals surface area contributed by atoms with Gasteiger partial charge in [0.25, 0.3) is 5.91 Å². The molecule has 16 heavy (non-hydrogen) atoms. The molecule has 0 bridgehead atoms. The van der Waals surface area contributed by atoms with Gasteiger partial charge in [-0.25, -0.2) is 0 Å². The SMILES string of the molecule is CCN[C@H](C)CNC(=O)c1ccc(C)nc1. The van der Waals surface area contributed by atoms with Gasteiger partial charge < -0.3 is 10.6 Å². The number of aryl methyl sites for hydroxylation is 1. The van der Waals surface area contributed by atoms with Crippen LogP contribution in [0, 0.1) is 6.92 Å². The van der Waals surface area contributed by atoms with E-state index < -0.39 is 0 Å². The first kappa shape index (κ1) is 12.6. The van der Waals surface area contributed by atoms with Crippen LogP contribution in [0.4, 0.5) is 0 Å². The normalized spacial score (nSPS) is 12.2. The first-order chi connectivity index (χ1) is 7.63. The van der Waals surface area contributed by atoms with Crippen LogP contribution < -0.4 is 10.6 Å². The maximum absolute atomic E-state index is 11.7. The highest BCUT2D eigenvalue weighted by Crippen LogP contribution is 1.98. The number of nitrogens with one attached hydrogen (secondary N) is 2. The molecule has 1 aromatic rings. The van der Waals surface area contributed by atoms with Crippen molar-refractivity contribution in [1.29, 1.82) is 0 Å². The van der Waals surface area contributed by atoms with Gasteiger partial charge in [-0.15, -0.1) is 0 Å². The number of hydrogen-bond donors (Lipinski definition) is 2. The Bertz CT molecular complexity index is 335. The molecule has 88 valence electrons. The van der Waals surface area contributed by atoms with E-state index in [9.17, 15) is 4.79 Å². The lowest BCUT2D eigenvalue weighted by Crippen LogP contribution is -2.38. The molecule has 1 aromatic heterocycles. The van der Waals surface area contributed by atoms with Gasteiger partial charge in [-0.1, -0.05) is 6.92 Å². The minimum atomic E-state index is -0.0720. The van der Waals surface area contributed by atoms with E-state index in [4.69, 9.17) is 0 Å². The molecule has 1 amide bonds. The second-order valence-electron chi connectivity index (χ2n) is 3.86. The largest absolute Gasteiger partial charge is 0.350 e. The summed E-state index contributed by atoms with van der Waals surface area (Å²) in [4.78, 5) is 15.8. The van der Waals surface area contributed by atoms with Crippen molar-refractivity contribution in [2.24, 2.45) is 0 Å². The summed E-state index contributed by atoms with van der Waals surface area (Å²) in [6.07, 6.45) is 1.60. The molecule has 0 aromatic carbocycles. The van der Waals surface area contributed by atoms with Gasteiger partial charge in [-0.2, -0.15) is 0 Å². The molecule has 0 aliphatic heterocycles. The second kappa shape index (κ2) is 6.23. The molecular weight excluding hydrogens is 202 g/mol. The van der Waals surface area contributed by atoms with Crippen LogP contribution in [0.15, 0.2) is 18.3 Å². The van der Waals surface area contributed by atoms with E-state index in [2.05, 4.69) is 15.6 Å². The predicted octanol–water partition coefficient (Wildman–Crippen LogP) is 1.12. The molecule has 0 fully saturated rings. The summed E-state index contributed by atoms with van der Waals surface area (Å²) in [6, 6.07) is 3.91. The van der Waals surface area contributed by atoms with E-state index in [-0.39, 0.29) is 11.9 Å². The van der Waals surface area contributed by atoms with Crippen LogP contribution in [0.5, 0.6) is 0 Å². The zero-order valence-corrected chi connectivity index (χ0v) is 10.1. The molecular formula is C12H19N3O. The van der Waals surface area contributed by atoms with Crippen molar-refractivity contribution in [3.8, 4) is 0 Å². The molecule has 4 nitrogen and oxygen atoms in total. The number of amides is 1. The van der Waals surface area contributed by atoms with Crippen molar-refractivity contribution >= 4 is 5.91 Å². The molecule has 0 aliphatic rings. The van der Waals surface area contributed by atoms with Gasteiger partial charge in [0.2, 0.25) is 0 Å². The average molecular weight is 221 g/mol. The monoisotopic (exact) mass is 221 g/mol. The van der Waals surface area contributed by atoms with Crippen molar-refractivity contribution in [2.45, 2.75) is 26.8 Å². The molecule has 0 spiro atoms. The summed E-state index contributed by atoms with van der Waals surface area (Å²) in [5.41, 5.74) is 1.52. The molecule has 0 saturated heterocycles. The minimum Gasteiger partial charge on any atom is -0.350 e. The molecule has 0 saturated carbocycles. The fourth-order valence-corrected chi connectivity index (χ4v) is 1.37. The fourth-order valence-electron chi connectivity index (χ4n) is 1.37. The summed E-state index contributed by atoms with van der Waals surface area (Å²) >= 11 is 0. The van der Waals surface area contributed by atoms with Gasteiger partial charge in [-0.3, -0.25) is 9.78 Å². The van der Waals surface area contributed by atoms with Crippen molar-refractivity contribution in [3.05, 3.63) is 29.6 Å². The highest BCUT2D eigenvalue weighted by molar-refractivity contribution is 5.93. The Morgan fingerprint density at radius 1 is 1.50 bits per heavy atom. The number of carbonyl (C=O) groups excluding carboxylic acids is 1. The van der Waals surface area contributed by atoms with E-state index >= 15 is 0 Å². The minimum absolute atomic E-state index is 0.0720. The Morgan fingerprint density at radius 3 is 2.81 bits per heavy atom. The van der Waals surface area contributed by atoms with E-state index in [0.29, 0.717) is 12.1 Å². The maximum atomic E-state index is 11.7. The van der Waals surface area contributed by atoms with Crippen molar-refractivity contribution < 1.29 is 4.79 Å². The highest BCUT2D eigenvalue weighted by Gasteiger charge is 2.06. The van der Waals surface area contributed by atoms with Gasteiger partial charge in [0.05, 0.1) is 5.56 Å². The lowest BCUT2D eigenvalue weighted by molar-refractivity contribution is 0.0950. The lowest BCUT2D eigenvalue weighted by Gasteiger charge is -2.13. The first-order valence-electron chi connectivity index (χ1n) is 5.57. The van der Waals surface area contributed by atoms with Crippen molar-refractivity contribution in [1.82, 2.24) is 15.6 Å². The standard InChI is InChI=1S/C12H19N3O/c1-4-13-10(3)7-15-12(16)11-6-5-9(2)14-8-11/h5-6,8,10,13H,4,7H2,1-3H3,(H,15,16)/t10-/m1/s1. The Morgan fingerprint density at radius 2 is 2.25 bits per heavy atom. The van der Waals surface area contributed by atoms with Crippen molar-refractivity contribution in [2.75, 3.05) is 13.1 Å². The van der Waals surface area contributed by atoms with Crippen LogP contribution in [0.2, 0.25) is 0 Å².